The molecule has 0 aliphatic heterocycles. The lowest BCUT2D eigenvalue weighted by atomic mass is 9.95. The maximum Gasteiger partial charge on any atom is 0.230 e. The Morgan fingerprint density at radius 3 is 2.55 bits per heavy atom. The van der Waals surface area contributed by atoms with Crippen molar-refractivity contribution in [2.75, 3.05) is 5.75 Å². The van der Waals surface area contributed by atoms with Gasteiger partial charge in [0.15, 0.2) is 11.0 Å². The highest BCUT2D eigenvalue weighted by atomic mass is 32.2. The molecular formula is C24H28N4O2S. The maximum absolute atomic E-state index is 12.5. The number of nitrogens with zero attached hydrogens (tertiary/aromatic N) is 3. The molecule has 7 heteroatoms. The van der Waals surface area contributed by atoms with E-state index in [1.807, 2.05) is 47.0 Å². The Hall–Kier alpha value is -2.80. The zero-order chi connectivity index (χ0) is 21.5. The summed E-state index contributed by atoms with van der Waals surface area (Å²) in [6.45, 7) is 2.35. The lowest BCUT2D eigenvalue weighted by Gasteiger charge is -2.22. The topological polar surface area (TPSA) is 69.0 Å². The van der Waals surface area contributed by atoms with Crippen molar-refractivity contribution in [3.63, 3.8) is 0 Å². The highest BCUT2D eigenvalue weighted by molar-refractivity contribution is 7.99. The van der Waals surface area contributed by atoms with E-state index >= 15 is 0 Å². The van der Waals surface area contributed by atoms with Gasteiger partial charge in [-0.3, -0.25) is 9.36 Å². The first-order valence-electron chi connectivity index (χ1n) is 10.8. The summed E-state index contributed by atoms with van der Waals surface area (Å²) in [6, 6.07) is 18.2. The molecule has 1 aromatic heterocycles. The Labute approximate surface area is 187 Å². The second-order valence-electron chi connectivity index (χ2n) is 7.86. The highest BCUT2D eigenvalue weighted by Gasteiger charge is 2.19. The molecule has 1 heterocycles. The largest absolute Gasteiger partial charge is 0.486 e. The predicted molar refractivity (Wildman–Crippen MR) is 123 cm³/mol. The summed E-state index contributed by atoms with van der Waals surface area (Å²) in [5.74, 6) is 1.85. The third-order valence-corrected chi connectivity index (χ3v) is 6.34. The zero-order valence-corrected chi connectivity index (χ0v) is 18.6. The fourth-order valence-corrected chi connectivity index (χ4v) is 4.53. The van der Waals surface area contributed by atoms with E-state index < -0.39 is 0 Å². The van der Waals surface area contributed by atoms with Crippen LogP contribution in [0.15, 0.2) is 59.8 Å². The van der Waals surface area contributed by atoms with Gasteiger partial charge in [0, 0.05) is 11.7 Å². The summed E-state index contributed by atoms with van der Waals surface area (Å²) in [5, 5.41) is 12.6. The number of hydrogen-bond donors (Lipinski definition) is 1. The van der Waals surface area contributed by atoms with Crippen molar-refractivity contribution in [2.24, 2.45) is 0 Å². The number of ether oxygens (including phenoxy) is 1. The second-order valence-corrected chi connectivity index (χ2v) is 8.81. The van der Waals surface area contributed by atoms with Gasteiger partial charge in [0.1, 0.15) is 12.4 Å². The molecule has 162 valence electrons. The van der Waals surface area contributed by atoms with Gasteiger partial charge in [-0.1, -0.05) is 66.9 Å². The minimum atomic E-state index is 0.0532. The molecule has 2 aromatic carbocycles. The normalized spacial score (nSPS) is 14.4. The van der Waals surface area contributed by atoms with E-state index in [1.54, 1.807) is 0 Å². The van der Waals surface area contributed by atoms with Crippen LogP contribution in [-0.2, 0) is 11.4 Å². The molecule has 4 rings (SSSR count). The summed E-state index contributed by atoms with van der Waals surface area (Å²) >= 11 is 1.41. The van der Waals surface area contributed by atoms with Gasteiger partial charge in [-0.2, -0.15) is 0 Å². The quantitative estimate of drug-likeness (QED) is 0.519. The molecule has 0 spiro atoms. The molecule has 3 aromatic rings. The molecule has 1 fully saturated rings. The number of aromatic nitrogens is 3. The van der Waals surface area contributed by atoms with Crippen molar-refractivity contribution < 1.29 is 9.53 Å². The monoisotopic (exact) mass is 436 g/mol. The molecule has 0 atom stereocenters. The summed E-state index contributed by atoms with van der Waals surface area (Å²) in [7, 11) is 0. The number of carbonyl (C=O) groups excluding carboxylic acids is 1. The SMILES string of the molecule is Cc1ccc(-n2c(COc3ccccc3)nnc2SCC(=O)NC2CCCCC2)cc1. The average Bonchev–Trinajstić information content (AvgIpc) is 3.21. The summed E-state index contributed by atoms with van der Waals surface area (Å²) in [5.41, 5.74) is 2.14. The predicted octanol–water partition coefficient (Wildman–Crippen LogP) is 4.70. The number of para-hydroxylation sites is 1. The number of hydrogen-bond acceptors (Lipinski definition) is 5. The fourth-order valence-electron chi connectivity index (χ4n) is 3.75. The molecule has 0 saturated heterocycles. The number of thioether (sulfide) groups is 1. The molecule has 0 bridgehead atoms. The van der Waals surface area contributed by atoms with E-state index in [2.05, 4.69) is 34.6 Å². The van der Waals surface area contributed by atoms with Crippen LogP contribution in [0.2, 0.25) is 0 Å². The van der Waals surface area contributed by atoms with Crippen LogP contribution >= 0.6 is 11.8 Å². The molecule has 1 saturated carbocycles. The third-order valence-electron chi connectivity index (χ3n) is 5.41. The summed E-state index contributed by atoms with van der Waals surface area (Å²) in [6.07, 6.45) is 5.83. The van der Waals surface area contributed by atoms with E-state index in [4.69, 9.17) is 4.74 Å². The van der Waals surface area contributed by atoms with Gasteiger partial charge in [0.2, 0.25) is 5.91 Å². The number of nitrogens with one attached hydrogen (secondary N) is 1. The second kappa shape index (κ2) is 10.5. The number of amides is 1. The number of carbonyl (C=O) groups is 1. The third kappa shape index (κ3) is 5.88. The summed E-state index contributed by atoms with van der Waals surface area (Å²) in [4.78, 5) is 12.5. The van der Waals surface area contributed by atoms with E-state index in [9.17, 15) is 4.79 Å². The fraction of sp³-hybridized carbons (Fsp3) is 0.375. The zero-order valence-electron chi connectivity index (χ0n) is 17.8. The number of rotatable bonds is 8. The van der Waals surface area contributed by atoms with Crippen LogP contribution in [-0.4, -0.2) is 32.5 Å². The molecule has 1 N–H and O–H groups in total. The Bertz CT molecular complexity index is 983. The minimum absolute atomic E-state index is 0.0532. The molecule has 1 amide bonds. The molecule has 1 aliphatic rings. The van der Waals surface area contributed by atoms with E-state index in [1.165, 1.54) is 36.6 Å². The molecule has 0 unspecified atom stereocenters. The highest BCUT2D eigenvalue weighted by Crippen LogP contribution is 2.24. The minimum Gasteiger partial charge on any atom is -0.486 e. The van der Waals surface area contributed by atoms with Gasteiger partial charge < -0.3 is 10.1 Å². The van der Waals surface area contributed by atoms with Gasteiger partial charge in [-0.25, -0.2) is 0 Å². The van der Waals surface area contributed by atoms with E-state index in [0.29, 0.717) is 29.4 Å². The van der Waals surface area contributed by atoms with Gasteiger partial charge in [-0.05, 0) is 44.0 Å². The lowest BCUT2D eigenvalue weighted by molar-refractivity contribution is -0.119. The molecule has 31 heavy (non-hydrogen) atoms. The molecular weight excluding hydrogens is 408 g/mol. The van der Waals surface area contributed by atoms with Crippen molar-refractivity contribution in [1.29, 1.82) is 0 Å². The van der Waals surface area contributed by atoms with Crippen molar-refractivity contribution >= 4 is 17.7 Å². The molecule has 1 aliphatic carbocycles. The maximum atomic E-state index is 12.5. The van der Waals surface area contributed by atoms with Crippen molar-refractivity contribution in [3.05, 3.63) is 66.0 Å². The van der Waals surface area contributed by atoms with E-state index in [0.717, 1.165) is 24.3 Å². The Morgan fingerprint density at radius 1 is 1.06 bits per heavy atom. The van der Waals surface area contributed by atoms with Crippen LogP contribution in [0, 0.1) is 6.92 Å². The van der Waals surface area contributed by atoms with Crippen LogP contribution in [0.3, 0.4) is 0 Å². The Morgan fingerprint density at radius 2 is 1.81 bits per heavy atom. The van der Waals surface area contributed by atoms with E-state index in [-0.39, 0.29) is 5.91 Å². The average molecular weight is 437 g/mol. The van der Waals surface area contributed by atoms with Gasteiger partial charge in [0.05, 0.1) is 5.75 Å². The van der Waals surface area contributed by atoms with Crippen molar-refractivity contribution in [1.82, 2.24) is 20.1 Å². The first kappa shape index (κ1) is 21.4. The van der Waals surface area contributed by atoms with Crippen LogP contribution in [0.5, 0.6) is 5.75 Å². The smallest absolute Gasteiger partial charge is 0.230 e. The Kier molecular flexibility index (Phi) is 7.25. The van der Waals surface area contributed by atoms with Gasteiger partial charge in [0.25, 0.3) is 0 Å². The Balaban J connectivity index is 1.47. The number of benzene rings is 2. The summed E-state index contributed by atoms with van der Waals surface area (Å²) < 4.78 is 7.88. The van der Waals surface area contributed by atoms with Crippen LogP contribution in [0.1, 0.15) is 43.5 Å². The van der Waals surface area contributed by atoms with Crippen LogP contribution in [0.25, 0.3) is 5.69 Å². The lowest BCUT2D eigenvalue weighted by Crippen LogP contribution is -2.37. The molecule has 6 nitrogen and oxygen atoms in total. The van der Waals surface area contributed by atoms with Crippen molar-refractivity contribution in [3.8, 4) is 11.4 Å². The van der Waals surface area contributed by atoms with Crippen LogP contribution < -0.4 is 10.1 Å². The van der Waals surface area contributed by atoms with Gasteiger partial charge in [-0.15, -0.1) is 10.2 Å². The number of aryl methyl sites for hydroxylation is 1. The van der Waals surface area contributed by atoms with Gasteiger partial charge >= 0.3 is 0 Å². The molecule has 0 radical (unpaired) electrons. The van der Waals surface area contributed by atoms with Crippen LogP contribution in [0.4, 0.5) is 0 Å². The van der Waals surface area contributed by atoms with Crippen molar-refractivity contribution in [2.45, 2.75) is 56.8 Å². The standard InChI is InChI=1S/C24H28N4O2S/c1-18-12-14-20(15-13-18)28-22(16-30-21-10-6-3-7-11-21)26-27-24(28)31-17-23(29)25-19-8-4-2-5-9-19/h3,6-7,10-15,19H,2,4-5,8-9,16-17H2,1H3,(H,25,29). The first-order chi connectivity index (χ1) is 15.2. The first-order valence-corrected chi connectivity index (χ1v) is 11.8.